The molecule has 2 aromatic carbocycles. The lowest BCUT2D eigenvalue weighted by Gasteiger charge is -2.32. The second-order valence-electron chi connectivity index (χ2n) is 7.69. The van der Waals surface area contributed by atoms with Gasteiger partial charge >= 0.3 is 0 Å². The van der Waals surface area contributed by atoms with E-state index in [0.29, 0.717) is 12.1 Å². The number of fused-ring (bicyclic) bond motifs is 1. The Morgan fingerprint density at radius 2 is 1.66 bits per heavy atom. The van der Waals surface area contributed by atoms with E-state index in [1.165, 1.54) is 33.8 Å². The molecule has 5 nitrogen and oxygen atoms in total. The first-order valence-electron chi connectivity index (χ1n) is 9.94. The number of rotatable bonds is 5. The van der Waals surface area contributed by atoms with Crippen molar-refractivity contribution < 1.29 is 12.8 Å². The number of aryl methyl sites for hydroxylation is 1. The molecule has 0 saturated carbocycles. The first kappa shape index (κ1) is 20.1. The van der Waals surface area contributed by atoms with Gasteiger partial charge in [-0.05, 0) is 61.5 Å². The van der Waals surface area contributed by atoms with Gasteiger partial charge in [-0.15, -0.1) is 0 Å². The molecule has 7 heteroatoms. The zero-order chi connectivity index (χ0) is 20.6. The van der Waals surface area contributed by atoms with Crippen molar-refractivity contribution in [3.05, 3.63) is 65.6 Å². The minimum absolute atomic E-state index is 0.0931. The highest BCUT2D eigenvalue weighted by atomic mass is 32.2. The van der Waals surface area contributed by atoms with E-state index >= 15 is 0 Å². The molecule has 0 unspecified atom stereocenters. The lowest BCUT2D eigenvalue weighted by atomic mass is 10.1. The summed E-state index contributed by atoms with van der Waals surface area (Å²) in [5, 5.41) is 0.916. The van der Waals surface area contributed by atoms with Gasteiger partial charge in [-0.2, -0.15) is 0 Å². The summed E-state index contributed by atoms with van der Waals surface area (Å²) in [5.41, 5.74) is 2.57. The van der Waals surface area contributed by atoms with Crippen LogP contribution in [-0.4, -0.2) is 55.4 Å². The summed E-state index contributed by atoms with van der Waals surface area (Å²) in [6.45, 7) is 6.36. The second kappa shape index (κ2) is 7.89. The summed E-state index contributed by atoms with van der Waals surface area (Å²) >= 11 is 0. The third kappa shape index (κ3) is 3.95. The van der Waals surface area contributed by atoms with Crippen LogP contribution in [0.25, 0.3) is 10.9 Å². The van der Waals surface area contributed by atoms with Crippen molar-refractivity contribution in [2.24, 2.45) is 0 Å². The van der Waals surface area contributed by atoms with Crippen LogP contribution < -0.4 is 0 Å². The minimum atomic E-state index is -3.84. The summed E-state index contributed by atoms with van der Waals surface area (Å²) in [5.74, 6) is -0.452. The molecule has 2 heterocycles. The number of hydrogen-bond donors (Lipinski definition) is 0. The van der Waals surface area contributed by atoms with Gasteiger partial charge in [0.1, 0.15) is 5.82 Å². The van der Waals surface area contributed by atoms with E-state index < -0.39 is 15.8 Å². The summed E-state index contributed by atoms with van der Waals surface area (Å²) < 4.78 is 41.8. The number of piperazine rings is 1. The van der Waals surface area contributed by atoms with E-state index in [-0.39, 0.29) is 4.90 Å². The van der Waals surface area contributed by atoms with Gasteiger partial charge in [-0.3, -0.25) is 4.90 Å². The molecule has 1 fully saturated rings. The Morgan fingerprint density at radius 3 is 2.31 bits per heavy atom. The molecule has 1 aliphatic rings. The summed E-state index contributed by atoms with van der Waals surface area (Å²) in [6, 6.07) is 12.9. The van der Waals surface area contributed by atoms with Crippen LogP contribution in [0.3, 0.4) is 0 Å². The summed E-state index contributed by atoms with van der Waals surface area (Å²) in [6.07, 6.45) is 0.889. The molecule has 0 aliphatic carbocycles. The van der Waals surface area contributed by atoms with Crippen LogP contribution in [0.15, 0.2) is 53.4 Å². The van der Waals surface area contributed by atoms with Crippen molar-refractivity contribution >= 4 is 20.9 Å². The smallest absolute Gasteiger partial charge is 0.268 e. The fraction of sp³-hybridized carbons (Fsp3) is 0.364. The molecule has 0 spiro atoms. The van der Waals surface area contributed by atoms with Crippen molar-refractivity contribution in [3.8, 4) is 0 Å². The predicted molar refractivity (Wildman–Crippen MR) is 113 cm³/mol. The number of aromatic nitrogens is 1. The van der Waals surface area contributed by atoms with Crippen molar-refractivity contribution in [3.63, 3.8) is 0 Å². The summed E-state index contributed by atoms with van der Waals surface area (Å²) in [4.78, 5) is 4.65. The Kier molecular flexibility index (Phi) is 5.46. The fourth-order valence-corrected chi connectivity index (χ4v) is 5.39. The van der Waals surface area contributed by atoms with Gasteiger partial charge in [-0.25, -0.2) is 16.8 Å². The van der Waals surface area contributed by atoms with E-state index in [1.54, 1.807) is 0 Å². The third-order valence-electron chi connectivity index (χ3n) is 5.64. The fourth-order valence-electron chi connectivity index (χ4n) is 3.86. The zero-order valence-corrected chi connectivity index (χ0v) is 17.6. The Morgan fingerprint density at radius 1 is 0.966 bits per heavy atom. The molecule has 0 radical (unpaired) electrons. The van der Waals surface area contributed by atoms with Crippen LogP contribution in [0, 0.1) is 5.82 Å². The van der Waals surface area contributed by atoms with Crippen LogP contribution in [-0.2, 0) is 23.0 Å². The minimum Gasteiger partial charge on any atom is -0.304 e. The highest BCUT2D eigenvalue weighted by molar-refractivity contribution is 7.90. The molecule has 0 N–H and O–H groups in total. The van der Waals surface area contributed by atoms with E-state index in [4.69, 9.17) is 0 Å². The zero-order valence-electron chi connectivity index (χ0n) is 16.8. The number of halogens is 1. The Labute approximate surface area is 171 Å². The molecule has 154 valence electrons. The van der Waals surface area contributed by atoms with E-state index in [2.05, 4.69) is 29.8 Å². The normalized spacial score (nSPS) is 16.5. The first-order valence-corrected chi connectivity index (χ1v) is 11.4. The van der Waals surface area contributed by atoms with Gasteiger partial charge in [0, 0.05) is 43.8 Å². The van der Waals surface area contributed by atoms with Crippen molar-refractivity contribution in [2.75, 3.05) is 33.2 Å². The number of nitrogens with zero attached hydrogens (tertiary/aromatic N) is 3. The Hall–Kier alpha value is -2.22. The van der Waals surface area contributed by atoms with Gasteiger partial charge in [-0.1, -0.05) is 13.0 Å². The molecule has 1 aliphatic heterocycles. The number of hydrogen-bond acceptors (Lipinski definition) is 4. The third-order valence-corrected chi connectivity index (χ3v) is 7.42. The molecule has 0 atom stereocenters. The SMILES string of the molecule is CCc1ccc2c(c1)cc(CN1CCN(C)CC1)n2S(=O)(=O)c1ccc(F)cc1. The standard InChI is InChI=1S/C22H26FN3O2S/c1-3-17-4-9-22-18(14-17)15-20(16-25-12-10-24(2)11-13-25)26(22)29(27,28)21-7-5-19(23)6-8-21/h4-9,14-15H,3,10-13,16H2,1-2H3. The van der Waals surface area contributed by atoms with Crippen molar-refractivity contribution in [1.29, 1.82) is 0 Å². The maximum Gasteiger partial charge on any atom is 0.268 e. The topological polar surface area (TPSA) is 45.5 Å². The van der Waals surface area contributed by atoms with Crippen LogP contribution in [0.5, 0.6) is 0 Å². The van der Waals surface area contributed by atoms with Crippen LogP contribution in [0.4, 0.5) is 4.39 Å². The van der Waals surface area contributed by atoms with Crippen LogP contribution in [0.2, 0.25) is 0 Å². The van der Waals surface area contributed by atoms with Crippen LogP contribution in [0.1, 0.15) is 18.2 Å². The second-order valence-corrected chi connectivity index (χ2v) is 9.47. The molecule has 0 amide bonds. The maximum absolute atomic E-state index is 13.5. The molecule has 0 bridgehead atoms. The molecular formula is C22H26FN3O2S. The number of benzene rings is 2. The molecular weight excluding hydrogens is 389 g/mol. The highest BCUT2D eigenvalue weighted by Crippen LogP contribution is 2.28. The highest BCUT2D eigenvalue weighted by Gasteiger charge is 2.25. The number of likely N-dealkylation sites (N-methyl/N-ethyl adjacent to an activating group) is 1. The molecule has 1 aromatic heterocycles. The van der Waals surface area contributed by atoms with Crippen LogP contribution >= 0.6 is 0 Å². The molecule has 29 heavy (non-hydrogen) atoms. The average molecular weight is 416 g/mol. The quantitative estimate of drug-likeness (QED) is 0.641. The lowest BCUT2D eigenvalue weighted by Crippen LogP contribution is -2.44. The monoisotopic (exact) mass is 415 g/mol. The molecule has 4 rings (SSSR count). The largest absolute Gasteiger partial charge is 0.304 e. The van der Waals surface area contributed by atoms with Crippen molar-refractivity contribution in [1.82, 2.24) is 13.8 Å². The van der Waals surface area contributed by atoms with Gasteiger partial charge in [0.05, 0.1) is 10.4 Å². The van der Waals surface area contributed by atoms with Gasteiger partial charge in [0.2, 0.25) is 0 Å². The van der Waals surface area contributed by atoms with Crippen molar-refractivity contribution in [2.45, 2.75) is 24.8 Å². The Balaban J connectivity index is 1.82. The van der Waals surface area contributed by atoms with Gasteiger partial charge in [0.15, 0.2) is 0 Å². The molecule has 3 aromatic rings. The van der Waals surface area contributed by atoms with E-state index in [9.17, 15) is 12.8 Å². The Bertz CT molecular complexity index is 1110. The summed E-state index contributed by atoms with van der Waals surface area (Å²) in [7, 11) is -1.74. The average Bonchev–Trinajstić information content (AvgIpc) is 3.07. The van der Waals surface area contributed by atoms with Gasteiger partial charge in [0.25, 0.3) is 10.0 Å². The predicted octanol–water partition coefficient (Wildman–Crippen LogP) is 3.33. The van der Waals surface area contributed by atoms with E-state index in [0.717, 1.165) is 43.7 Å². The van der Waals surface area contributed by atoms with E-state index in [1.807, 2.05) is 18.2 Å². The van der Waals surface area contributed by atoms with Gasteiger partial charge < -0.3 is 4.90 Å². The molecule has 1 saturated heterocycles. The maximum atomic E-state index is 13.5. The first-order chi connectivity index (χ1) is 13.9. The lowest BCUT2D eigenvalue weighted by molar-refractivity contribution is 0.147.